The molecule has 0 saturated heterocycles. The maximum atomic E-state index is 11.8. The zero-order valence-electron chi connectivity index (χ0n) is 11.7. The highest BCUT2D eigenvalue weighted by Crippen LogP contribution is 2.07. The van der Waals surface area contributed by atoms with Gasteiger partial charge in [0.05, 0.1) is 0 Å². The van der Waals surface area contributed by atoms with Crippen molar-refractivity contribution in [3.63, 3.8) is 0 Å². The van der Waals surface area contributed by atoms with Gasteiger partial charge in [0.2, 0.25) is 5.91 Å². The molecule has 0 aromatic heterocycles. The maximum absolute atomic E-state index is 11.8. The number of carbonyl (C=O) groups is 1. The molecule has 1 N–H and O–H groups in total. The number of unbranched alkanes of at least 4 members (excludes halogenated alkanes) is 5. The van der Waals surface area contributed by atoms with Gasteiger partial charge in [0.25, 0.3) is 0 Å². The van der Waals surface area contributed by atoms with Crippen LogP contribution in [-0.2, 0) is 4.79 Å². The van der Waals surface area contributed by atoms with E-state index in [0.717, 1.165) is 38.6 Å². The van der Waals surface area contributed by atoms with Crippen molar-refractivity contribution in [3.8, 4) is 0 Å². The van der Waals surface area contributed by atoms with Crippen LogP contribution >= 0.6 is 0 Å². The van der Waals surface area contributed by atoms with Gasteiger partial charge in [-0.2, -0.15) is 0 Å². The predicted molar refractivity (Wildman–Crippen MR) is 76.4 cm³/mol. The van der Waals surface area contributed by atoms with Gasteiger partial charge in [0.1, 0.15) is 0 Å². The molecule has 0 fully saturated rings. The number of amides is 1. The van der Waals surface area contributed by atoms with Gasteiger partial charge in [0, 0.05) is 25.3 Å². The molecule has 0 bridgehead atoms. The Balaban J connectivity index is 3.74. The molecule has 0 rings (SSSR count). The van der Waals surface area contributed by atoms with Gasteiger partial charge >= 0.3 is 0 Å². The van der Waals surface area contributed by atoms with Crippen molar-refractivity contribution in [2.24, 2.45) is 0 Å². The summed E-state index contributed by atoms with van der Waals surface area (Å²) in [6.07, 6.45) is 8.23. The lowest BCUT2D eigenvalue weighted by Crippen LogP contribution is -2.32. The Morgan fingerprint density at radius 2 is 1.72 bits per heavy atom. The number of hydrogen-bond acceptors (Lipinski definition) is 2. The third-order valence-corrected chi connectivity index (χ3v) is 2.84. The van der Waals surface area contributed by atoms with Crippen LogP contribution in [0.2, 0.25) is 0 Å². The molecule has 0 aromatic carbocycles. The van der Waals surface area contributed by atoms with Crippen LogP contribution in [0, 0.1) is 0 Å². The summed E-state index contributed by atoms with van der Waals surface area (Å²) in [4.78, 5) is 13.6. The first-order valence-electron chi connectivity index (χ1n) is 6.80. The summed E-state index contributed by atoms with van der Waals surface area (Å²) >= 11 is 0. The zero-order chi connectivity index (χ0) is 13.8. The van der Waals surface area contributed by atoms with E-state index in [1.54, 1.807) is 17.9 Å². The Morgan fingerprint density at radius 1 is 1.17 bits per heavy atom. The van der Waals surface area contributed by atoms with Crippen LogP contribution in [0.25, 0.3) is 0 Å². The molecule has 0 radical (unpaired) electrons. The zero-order valence-corrected chi connectivity index (χ0v) is 11.7. The largest absolute Gasteiger partial charge is 0.396 e. The molecule has 18 heavy (non-hydrogen) atoms. The topological polar surface area (TPSA) is 40.5 Å². The molecule has 0 aromatic rings. The molecule has 104 valence electrons. The lowest BCUT2D eigenvalue weighted by atomic mass is 10.1. The van der Waals surface area contributed by atoms with Gasteiger partial charge in [-0.05, 0) is 19.8 Å². The van der Waals surface area contributed by atoms with Gasteiger partial charge in [-0.15, -0.1) is 6.58 Å². The maximum Gasteiger partial charge on any atom is 0.249 e. The summed E-state index contributed by atoms with van der Waals surface area (Å²) in [5.74, 6) is 0.0233. The fraction of sp³-hybridized carbons (Fsp3) is 0.667. The van der Waals surface area contributed by atoms with E-state index in [9.17, 15) is 4.79 Å². The van der Waals surface area contributed by atoms with E-state index in [2.05, 4.69) is 13.2 Å². The van der Waals surface area contributed by atoms with Gasteiger partial charge in [-0.3, -0.25) is 4.79 Å². The normalized spacial score (nSPS) is 10.1. The summed E-state index contributed by atoms with van der Waals surface area (Å²) in [6, 6.07) is 0. The summed E-state index contributed by atoms with van der Waals surface area (Å²) < 4.78 is 0. The molecule has 0 spiro atoms. The molecular formula is C15H27NO2. The van der Waals surface area contributed by atoms with Crippen molar-refractivity contribution >= 4 is 5.91 Å². The molecule has 3 nitrogen and oxygen atoms in total. The van der Waals surface area contributed by atoms with E-state index in [0.29, 0.717) is 18.7 Å². The number of aliphatic hydroxyl groups excluding tert-OH is 1. The predicted octanol–water partition coefficient (Wildman–Crippen LogP) is 2.91. The van der Waals surface area contributed by atoms with Gasteiger partial charge in [-0.1, -0.05) is 38.3 Å². The summed E-state index contributed by atoms with van der Waals surface area (Å²) in [5, 5.41) is 8.65. The quantitative estimate of drug-likeness (QED) is 0.349. The van der Waals surface area contributed by atoms with Gasteiger partial charge < -0.3 is 10.0 Å². The van der Waals surface area contributed by atoms with Crippen molar-refractivity contribution in [2.45, 2.75) is 45.4 Å². The Kier molecular flexibility index (Phi) is 10.4. The molecule has 0 unspecified atom stereocenters. The highest BCUT2D eigenvalue weighted by molar-refractivity contribution is 5.92. The molecule has 3 heteroatoms. The van der Waals surface area contributed by atoms with Crippen LogP contribution in [0.5, 0.6) is 0 Å². The van der Waals surface area contributed by atoms with Crippen LogP contribution in [0.1, 0.15) is 45.4 Å². The summed E-state index contributed by atoms with van der Waals surface area (Å²) in [6.45, 7) is 10.8. The van der Waals surface area contributed by atoms with E-state index < -0.39 is 0 Å². The second kappa shape index (κ2) is 11.0. The molecule has 0 saturated carbocycles. The van der Waals surface area contributed by atoms with Crippen LogP contribution in [-0.4, -0.2) is 35.6 Å². The van der Waals surface area contributed by atoms with Gasteiger partial charge in [-0.25, -0.2) is 0 Å². The standard InChI is InChI=1S/C15H27NO2/c1-4-11-16(15(18)14(2)3)12-9-7-5-6-8-10-13-17/h4,17H,1-2,5-13H2,3H3. The Labute approximate surface area is 111 Å². The van der Waals surface area contributed by atoms with Crippen LogP contribution in [0.15, 0.2) is 24.8 Å². The molecule has 0 aliphatic carbocycles. The minimum atomic E-state index is 0.0233. The smallest absolute Gasteiger partial charge is 0.249 e. The highest BCUT2D eigenvalue weighted by Gasteiger charge is 2.11. The number of carbonyl (C=O) groups excluding carboxylic acids is 1. The molecule has 0 aliphatic rings. The van der Waals surface area contributed by atoms with Crippen molar-refractivity contribution in [1.29, 1.82) is 0 Å². The summed E-state index contributed by atoms with van der Waals surface area (Å²) in [7, 11) is 0. The average molecular weight is 253 g/mol. The van der Waals surface area contributed by atoms with Gasteiger partial charge in [0.15, 0.2) is 0 Å². The first-order chi connectivity index (χ1) is 8.63. The third kappa shape index (κ3) is 8.07. The van der Waals surface area contributed by atoms with Crippen molar-refractivity contribution in [3.05, 3.63) is 24.8 Å². The monoisotopic (exact) mass is 253 g/mol. The van der Waals surface area contributed by atoms with Crippen LogP contribution in [0.4, 0.5) is 0 Å². The molecule has 0 heterocycles. The molecule has 0 atom stereocenters. The molecule has 1 amide bonds. The van der Waals surface area contributed by atoms with E-state index in [-0.39, 0.29) is 5.91 Å². The number of rotatable bonds is 11. The highest BCUT2D eigenvalue weighted by atomic mass is 16.2. The van der Waals surface area contributed by atoms with Crippen LogP contribution in [0.3, 0.4) is 0 Å². The first-order valence-corrected chi connectivity index (χ1v) is 6.80. The molecular weight excluding hydrogens is 226 g/mol. The van der Waals surface area contributed by atoms with E-state index >= 15 is 0 Å². The van der Waals surface area contributed by atoms with E-state index in [4.69, 9.17) is 5.11 Å². The lowest BCUT2D eigenvalue weighted by Gasteiger charge is -2.21. The number of aliphatic hydroxyl groups is 1. The minimum absolute atomic E-state index is 0.0233. The van der Waals surface area contributed by atoms with E-state index in [1.807, 2.05) is 0 Å². The van der Waals surface area contributed by atoms with Crippen molar-refractivity contribution in [1.82, 2.24) is 4.90 Å². The Hall–Kier alpha value is -1.09. The molecule has 0 aliphatic heterocycles. The summed E-state index contributed by atoms with van der Waals surface area (Å²) in [5.41, 5.74) is 0.583. The second-order valence-electron chi connectivity index (χ2n) is 4.67. The van der Waals surface area contributed by atoms with E-state index in [1.165, 1.54) is 6.42 Å². The Morgan fingerprint density at radius 3 is 2.22 bits per heavy atom. The average Bonchev–Trinajstić information content (AvgIpc) is 2.35. The fourth-order valence-electron chi connectivity index (χ4n) is 1.82. The number of hydrogen-bond donors (Lipinski definition) is 1. The lowest BCUT2D eigenvalue weighted by molar-refractivity contribution is -0.126. The third-order valence-electron chi connectivity index (χ3n) is 2.84. The first kappa shape index (κ1) is 16.9. The van der Waals surface area contributed by atoms with Crippen molar-refractivity contribution < 1.29 is 9.90 Å². The van der Waals surface area contributed by atoms with Crippen molar-refractivity contribution in [2.75, 3.05) is 19.7 Å². The SMILES string of the molecule is C=CCN(CCCCCCCCO)C(=O)C(=C)C. The Bertz CT molecular complexity index is 261. The number of nitrogens with zero attached hydrogens (tertiary/aromatic N) is 1. The fourth-order valence-corrected chi connectivity index (χ4v) is 1.82. The minimum Gasteiger partial charge on any atom is -0.396 e. The second-order valence-corrected chi connectivity index (χ2v) is 4.67. The van der Waals surface area contributed by atoms with Crippen LogP contribution < -0.4 is 0 Å².